The number of hydrogen-bond acceptors (Lipinski definition) is 5. The Morgan fingerprint density at radius 2 is 1.76 bits per heavy atom. The minimum absolute atomic E-state index is 0.235. The van der Waals surface area contributed by atoms with E-state index in [2.05, 4.69) is 10.3 Å². The lowest BCUT2D eigenvalue weighted by Gasteiger charge is -2.11. The molecular formula is C24H17Cl3N2O3S. The zero-order chi connectivity index (χ0) is 23.4. The highest BCUT2D eigenvalue weighted by Gasteiger charge is 2.24. The van der Waals surface area contributed by atoms with Crippen molar-refractivity contribution in [2.45, 2.75) is 6.61 Å². The molecule has 1 saturated heterocycles. The molecule has 33 heavy (non-hydrogen) atoms. The Bertz CT molecular complexity index is 1260. The summed E-state index contributed by atoms with van der Waals surface area (Å²) >= 11 is 19.1. The van der Waals surface area contributed by atoms with Crippen LogP contribution in [0.15, 0.2) is 70.6 Å². The van der Waals surface area contributed by atoms with E-state index in [1.54, 1.807) is 31.4 Å². The number of carbonyl (C=O) groups is 1. The molecule has 0 atom stereocenters. The van der Waals surface area contributed by atoms with Crippen LogP contribution in [0.25, 0.3) is 6.08 Å². The summed E-state index contributed by atoms with van der Waals surface area (Å²) in [7, 11) is 1.57. The van der Waals surface area contributed by atoms with Gasteiger partial charge in [0.25, 0.3) is 5.91 Å². The molecule has 0 saturated carbocycles. The Kier molecular flexibility index (Phi) is 7.50. The lowest BCUT2D eigenvalue weighted by atomic mass is 10.2. The van der Waals surface area contributed by atoms with Crippen molar-refractivity contribution in [1.82, 2.24) is 5.32 Å². The number of hydrogen-bond donors (Lipinski definition) is 1. The predicted octanol–water partition coefficient (Wildman–Crippen LogP) is 7.13. The molecular weight excluding hydrogens is 503 g/mol. The van der Waals surface area contributed by atoms with Crippen molar-refractivity contribution in [3.63, 3.8) is 0 Å². The highest BCUT2D eigenvalue weighted by atomic mass is 35.5. The number of methoxy groups -OCH3 is 1. The van der Waals surface area contributed by atoms with Crippen LogP contribution in [0.2, 0.25) is 15.1 Å². The van der Waals surface area contributed by atoms with Gasteiger partial charge in [-0.25, -0.2) is 4.99 Å². The molecule has 1 fully saturated rings. The predicted molar refractivity (Wildman–Crippen MR) is 136 cm³/mol. The number of nitrogens with zero attached hydrogens (tertiary/aromatic N) is 1. The molecule has 1 N–H and O–H groups in total. The first-order valence-corrected chi connectivity index (χ1v) is 11.7. The van der Waals surface area contributed by atoms with Gasteiger partial charge in [0, 0.05) is 5.02 Å². The topological polar surface area (TPSA) is 59.9 Å². The Labute approximate surface area is 210 Å². The van der Waals surface area contributed by atoms with Crippen molar-refractivity contribution >= 4 is 69.4 Å². The van der Waals surface area contributed by atoms with E-state index in [9.17, 15) is 4.79 Å². The molecule has 1 heterocycles. The van der Waals surface area contributed by atoms with Gasteiger partial charge in [-0.05, 0) is 71.4 Å². The van der Waals surface area contributed by atoms with Gasteiger partial charge in [0.15, 0.2) is 16.7 Å². The molecule has 9 heteroatoms. The fourth-order valence-electron chi connectivity index (χ4n) is 2.94. The van der Waals surface area contributed by atoms with E-state index >= 15 is 0 Å². The number of nitrogens with one attached hydrogen (secondary N) is 1. The van der Waals surface area contributed by atoms with Gasteiger partial charge < -0.3 is 14.8 Å². The monoisotopic (exact) mass is 518 g/mol. The summed E-state index contributed by atoms with van der Waals surface area (Å²) < 4.78 is 11.4. The van der Waals surface area contributed by atoms with Crippen LogP contribution in [-0.4, -0.2) is 18.2 Å². The third-order valence-electron chi connectivity index (χ3n) is 4.58. The van der Waals surface area contributed by atoms with Gasteiger partial charge >= 0.3 is 0 Å². The molecule has 5 nitrogen and oxygen atoms in total. The second kappa shape index (κ2) is 10.5. The van der Waals surface area contributed by atoms with Crippen LogP contribution in [0.3, 0.4) is 0 Å². The first kappa shape index (κ1) is 23.5. The quantitative estimate of drug-likeness (QED) is 0.352. The van der Waals surface area contributed by atoms with Crippen LogP contribution in [0.4, 0.5) is 5.69 Å². The normalized spacial score (nSPS) is 15.7. The molecule has 1 aliphatic rings. The third kappa shape index (κ3) is 6.03. The summed E-state index contributed by atoms with van der Waals surface area (Å²) in [4.78, 5) is 17.3. The van der Waals surface area contributed by atoms with Crippen LogP contribution < -0.4 is 14.8 Å². The maximum atomic E-state index is 12.4. The summed E-state index contributed by atoms with van der Waals surface area (Å²) in [6.07, 6.45) is 1.77. The highest BCUT2D eigenvalue weighted by Crippen LogP contribution is 2.33. The lowest BCUT2D eigenvalue weighted by molar-refractivity contribution is -0.115. The zero-order valence-corrected chi connectivity index (χ0v) is 20.4. The van der Waals surface area contributed by atoms with E-state index in [1.165, 1.54) is 11.8 Å². The Morgan fingerprint density at radius 1 is 0.970 bits per heavy atom. The van der Waals surface area contributed by atoms with E-state index in [4.69, 9.17) is 44.3 Å². The molecule has 3 aromatic carbocycles. The maximum Gasteiger partial charge on any atom is 0.264 e. The van der Waals surface area contributed by atoms with Crippen molar-refractivity contribution in [3.8, 4) is 11.5 Å². The molecule has 0 radical (unpaired) electrons. The van der Waals surface area contributed by atoms with Crippen molar-refractivity contribution in [3.05, 3.63) is 91.8 Å². The SMILES string of the molecule is COc1cc(C=C2SC(=Nc3ccc(Cl)c(Cl)c3)NC2=O)ccc1OCc1ccc(Cl)cc1. The van der Waals surface area contributed by atoms with Gasteiger partial charge in [-0.15, -0.1) is 0 Å². The van der Waals surface area contributed by atoms with Crippen LogP contribution in [0.1, 0.15) is 11.1 Å². The number of aliphatic imine (C=N–C) groups is 1. The van der Waals surface area contributed by atoms with Crippen LogP contribution in [0.5, 0.6) is 11.5 Å². The standard InChI is InChI=1S/C24H17Cl3N2O3S/c1-31-21-10-15(4-9-20(21)32-13-14-2-5-16(25)6-3-14)11-22-23(30)29-24(33-22)28-17-7-8-18(26)19(27)12-17/h2-12H,13H2,1H3,(H,28,29,30). The van der Waals surface area contributed by atoms with E-state index < -0.39 is 0 Å². The minimum Gasteiger partial charge on any atom is -0.493 e. The maximum absolute atomic E-state index is 12.4. The summed E-state index contributed by atoms with van der Waals surface area (Å²) in [5.74, 6) is 0.923. The fourth-order valence-corrected chi connectivity index (χ4v) is 4.20. The number of carbonyl (C=O) groups excluding carboxylic acids is 1. The van der Waals surface area contributed by atoms with Crippen molar-refractivity contribution < 1.29 is 14.3 Å². The highest BCUT2D eigenvalue weighted by molar-refractivity contribution is 8.18. The molecule has 1 amide bonds. The molecule has 168 valence electrons. The third-order valence-corrected chi connectivity index (χ3v) is 6.48. The number of halogens is 3. The average Bonchev–Trinajstić information content (AvgIpc) is 3.14. The number of amidine groups is 1. The number of thioether (sulfide) groups is 1. The van der Waals surface area contributed by atoms with Gasteiger partial charge in [0.05, 0.1) is 27.7 Å². The lowest BCUT2D eigenvalue weighted by Crippen LogP contribution is -2.19. The van der Waals surface area contributed by atoms with E-state index in [1.807, 2.05) is 42.5 Å². The smallest absolute Gasteiger partial charge is 0.264 e. The average molecular weight is 520 g/mol. The first-order valence-electron chi connectivity index (χ1n) is 9.71. The zero-order valence-electron chi connectivity index (χ0n) is 17.3. The molecule has 1 aliphatic heterocycles. The van der Waals surface area contributed by atoms with E-state index in [0.717, 1.165) is 11.1 Å². The van der Waals surface area contributed by atoms with Gasteiger partial charge in [-0.2, -0.15) is 0 Å². The molecule has 0 bridgehead atoms. The fraction of sp³-hybridized carbons (Fsp3) is 0.0833. The van der Waals surface area contributed by atoms with Crippen LogP contribution in [-0.2, 0) is 11.4 Å². The van der Waals surface area contributed by atoms with E-state index in [0.29, 0.717) is 48.9 Å². The largest absolute Gasteiger partial charge is 0.493 e. The van der Waals surface area contributed by atoms with Gasteiger partial charge in [-0.3, -0.25) is 4.79 Å². The summed E-state index contributed by atoms with van der Waals surface area (Å²) in [5.41, 5.74) is 2.37. The summed E-state index contributed by atoms with van der Waals surface area (Å²) in [6.45, 7) is 0.376. The van der Waals surface area contributed by atoms with Gasteiger partial charge in [0.2, 0.25) is 0 Å². The summed E-state index contributed by atoms with van der Waals surface area (Å²) in [6, 6.07) is 17.9. The van der Waals surface area contributed by atoms with Crippen LogP contribution >= 0.6 is 46.6 Å². The Morgan fingerprint density at radius 3 is 2.48 bits per heavy atom. The number of benzene rings is 3. The van der Waals surface area contributed by atoms with Crippen LogP contribution in [0, 0.1) is 0 Å². The molecule has 0 aliphatic carbocycles. The minimum atomic E-state index is -0.235. The molecule has 4 rings (SSSR count). The molecule has 0 aromatic heterocycles. The molecule has 0 spiro atoms. The van der Waals surface area contributed by atoms with Gasteiger partial charge in [0.1, 0.15) is 6.61 Å². The van der Waals surface area contributed by atoms with Crippen molar-refractivity contribution in [1.29, 1.82) is 0 Å². The van der Waals surface area contributed by atoms with Crippen molar-refractivity contribution in [2.75, 3.05) is 7.11 Å². The Balaban J connectivity index is 1.48. The first-order chi connectivity index (χ1) is 15.9. The molecule has 3 aromatic rings. The Hall–Kier alpha value is -2.64. The van der Waals surface area contributed by atoms with Crippen molar-refractivity contribution in [2.24, 2.45) is 4.99 Å². The van der Waals surface area contributed by atoms with E-state index in [-0.39, 0.29) is 5.91 Å². The molecule has 0 unspecified atom stereocenters. The number of rotatable bonds is 6. The second-order valence-corrected chi connectivity index (χ2v) is 9.19. The number of amides is 1. The summed E-state index contributed by atoms with van der Waals surface area (Å²) in [5, 5.41) is 4.73. The number of ether oxygens (including phenoxy) is 2. The van der Waals surface area contributed by atoms with Gasteiger partial charge in [-0.1, -0.05) is 53.0 Å². The second-order valence-electron chi connectivity index (χ2n) is 6.91.